The minimum absolute atomic E-state index is 0.160. The fourth-order valence-electron chi connectivity index (χ4n) is 3.02. The van der Waals surface area contributed by atoms with E-state index in [1.165, 1.54) is 31.4 Å². The second-order valence-electron chi connectivity index (χ2n) is 5.97. The first-order valence-electron chi connectivity index (χ1n) is 8.30. The number of nitrogens with zero attached hydrogens (tertiary/aromatic N) is 1. The Balaban J connectivity index is 1.58. The number of furan rings is 1. The molecular formula is C18H22FN3OS. The van der Waals surface area contributed by atoms with Crippen molar-refractivity contribution >= 4 is 23.0 Å². The second kappa shape index (κ2) is 8.26. The van der Waals surface area contributed by atoms with Gasteiger partial charge in [0.05, 0.1) is 12.3 Å². The Morgan fingerprint density at radius 2 is 1.92 bits per heavy atom. The molecule has 0 spiro atoms. The summed E-state index contributed by atoms with van der Waals surface area (Å²) in [5.74, 6) is 0.691. The summed E-state index contributed by atoms with van der Waals surface area (Å²) in [5.41, 5.74) is 0.765. The number of thiocarbonyl (C=S) groups is 1. The molecule has 1 aromatic carbocycles. The molecule has 1 aromatic heterocycles. The van der Waals surface area contributed by atoms with Crippen LogP contribution < -0.4 is 10.6 Å². The van der Waals surface area contributed by atoms with Gasteiger partial charge in [0, 0.05) is 12.2 Å². The largest absolute Gasteiger partial charge is 0.468 e. The van der Waals surface area contributed by atoms with Gasteiger partial charge < -0.3 is 15.1 Å². The molecule has 0 saturated carbocycles. The monoisotopic (exact) mass is 347 g/mol. The summed E-state index contributed by atoms with van der Waals surface area (Å²) < 4.78 is 18.6. The average molecular weight is 347 g/mol. The van der Waals surface area contributed by atoms with Crippen molar-refractivity contribution in [2.75, 3.05) is 25.0 Å². The molecule has 1 aliphatic heterocycles. The molecule has 3 rings (SSSR count). The van der Waals surface area contributed by atoms with Crippen LogP contribution in [-0.4, -0.2) is 29.6 Å². The summed E-state index contributed by atoms with van der Waals surface area (Å²) in [7, 11) is 0. The number of rotatable bonds is 5. The van der Waals surface area contributed by atoms with Crippen LogP contribution in [-0.2, 0) is 0 Å². The molecule has 0 radical (unpaired) electrons. The van der Waals surface area contributed by atoms with Gasteiger partial charge in [-0.1, -0.05) is 6.42 Å². The summed E-state index contributed by atoms with van der Waals surface area (Å²) in [6, 6.07) is 10.2. The maximum atomic E-state index is 12.9. The molecule has 24 heavy (non-hydrogen) atoms. The van der Waals surface area contributed by atoms with E-state index in [9.17, 15) is 4.39 Å². The van der Waals surface area contributed by atoms with Crippen LogP contribution in [0.4, 0.5) is 10.1 Å². The Morgan fingerprint density at radius 3 is 2.58 bits per heavy atom. The van der Waals surface area contributed by atoms with Gasteiger partial charge in [-0.15, -0.1) is 0 Å². The minimum atomic E-state index is -0.262. The molecule has 128 valence electrons. The predicted octanol–water partition coefficient (Wildman–Crippen LogP) is 3.93. The van der Waals surface area contributed by atoms with Gasteiger partial charge in [-0.2, -0.15) is 0 Å². The zero-order valence-electron chi connectivity index (χ0n) is 13.5. The van der Waals surface area contributed by atoms with Crippen LogP contribution in [0.25, 0.3) is 0 Å². The van der Waals surface area contributed by atoms with E-state index in [0.29, 0.717) is 11.7 Å². The summed E-state index contributed by atoms with van der Waals surface area (Å²) in [5, 5.41) is 6.86. The predicted molar refractivity (Wildman–Crippen MR) is 97.5 cm³/mol. The van der Waals surface area contributed by atoms with Crippen LogP contribution in [0, 0.1) is 5.82 Å². The van der Waals surface area contributed by atoms with Crippen molar-refractivity contribution in [3.63, 3.8) is 0 Å². The highest BCUT2D eigenvalue weighted by Crippen LogP contribution is 2.24. The summed E-state index contributed by atoms with van der Waals surface area (Å²) >= 11 is 5.35. The number of piperidine rings is 1. The molecule has 1 atom stereocenters. The zero-order valence-corrected chi connectivity index (χ0v) is 14.3. The van der Waals surface area contributed by atoms with E-state index in [1.807, 2.05) is 12.1 Å². The standard InChI is InChI=1S/C18H22FN3OS/c19-14-6-8-15(9-7-14)21-18(24)20-13-16(17-5-4-12-23-17)22-10-2-1-3-11-22/h4-9,12,16H,1-3,10-11,13H2,(H2,20,21,24). The fraction of sp³-hybridized carbons (Fsp3) is 0.389. The van der Waals surface area contributed by atoms with Gasteiger partial charge in [-0.25, -0.2) is 4.39 Å². The SMILES string of the molecule is Fc1ccc(NC(=S)NCC(c2ccco2)N2CCCCC2)cc1. The molecule has 1 unspecified atom stereocenters. The first-order chi connectivity index (χ1) is 11.7. The van der Waals surface area contributed by atoms with Crippen LogP contribution >= 0.6 is 12.2 Å². The van der Waals surface area contributed by atoms with Crippen LogP contribution in [0.15, 0.2) is 47.1 Å². The first-order valence-corrected chi connectivity index (χ1v) is 8.71. The van der Waals surface area contributed by atoms with Gasteiger partial charge in [0.15, 0.2) is 5.11 Å². The lowest BCUT2D eigenvalue weighted by molar-refractivity contribution is 0.146. The van der Waals surface area contributed by atoms with Crippen LogP contribution in [0.2, 0.25) is 0 Å². The minimum Gasteiger partial charge on any atom is -0.468 e. The number of benzene rings is 1. The Kier molecular flexibility index (Phi) is 5.82. The van der Waals surface area contributed by atoms with Gasteiger partial charge in [0.1, 0.15) is 11.6 Å². The number of halogens is 1. The molecule has 2 aromatic rings. The normalized spacial score (nSPS) is 16.5. The van der Waals surface area contributed by atoms with Crippen molar-refractivity contribution in [3.05, 3.63) is 54.2 Å². The Hall–Kier alpha value is -1.92. The lowest BCUT2D eigenvalue weighted by atomic mass is 10.1. The van der Waals surface area contributed by atoms with Gasteiger partial charge in [-0.3, -0.25) is 4.90 Å². The third-order valence-electron chi connectivity index (χ3n) is 4.26. The maximum Gasteiger partial charge on any atom is 0.170 e. The fourth-order valence-corrected chi connectivity index (χ4v) is 3.22. The average Bonchev–Trinajstić information content (AvgIpc) is 3.12. The van der Waals surface area contributed by atoms with Gasteiger partial charge in [0.25, 0.3) is 0 Å². The molecule has 1 saturated heterocycles. The number of anilines is 1. The Bertz CT molecular complexity index is 639. The van der Waals surface area contributed by atoms with Crippen molar-refractivity contribution in [1.29, 1.82) is 0 Å². The van der Waals surface area contributed by atoms with Crippen molar-refractivity contribution in [3.8, 4) is 0 Å². The van der Waals surface area contributed by atoms with Crippen LogP contribution in [0.3, 0.4) is 0 Å². The quantitative estimate of drug-likeness (QED) is 0.802. The van der Waals surface area contributed by atoms with Crippen LogP contribution in [0.1, 0.15) is 31.1 Å². The first kappa shape index (κ1) is 16.9. The lowest BCUT2D eigenvalue weighted by Crippen LogP contribution is -2.41. The third-order valence-corrected chi connectivity index (χ3v) is 4.51. The third kappa shape index (κ3) is 4.55. The molecule has 2 heterocycles. The number of hydrogen-bond donors (Lipinski definition) is 2. The second-order valence-corrected chi connectivity index (χ2v) is 6.38. The summed E-state index contributed by atoms with van der Waals surface area (Å²) in [6.45, 7) is 2.82. The highest BCUT2D eigenvalue weighted by molar-refractivity contribution is 7.80. The van der Waals surface area contributed by atoms with Crippen molar-refractivity contribution in [1.82, 2.24) is 10.2 Å². The van der Waals surface area contributed by atoms with E-state index < -0.39 is 0 Å². The van der Waals surface area contributed by atoms with E-state index in [0.717, 1.165) is 24.5 Å². The van der Waals surface area contributed by atoms with E-state index >= 15 is 0 Å². The molecular weight excluding hydrogens is 325 g/mol. The van der Waals surface area contributed by atoms with Gasteiger partial charge in [-0.05, 0) is 74.5 Å². The topological polar surface area (TPSA) is 40.4 Å². The zero-order chi connectivity index (χ0) is 16.8. The highest BCUT2D eigenvalue weighted by Gasteiger charge is 2.24. The van der Waals surface area contributed by atoms with Crippen molar-refractivity contribution < 1.29 is 8.81 Å². The maximum absolute atomic E-state index is 12.9. The van der Waals surface area contributed by atoms with Crippen molar-refractivity contribution in [2.45, 2.75) is 25.3 Å². The number of likely N-dealkylation sites (tertiary alicyclic amines) is 1. The van der Waals surface area contributed by atoms with E-state index in [1.54, 1.807) is 18.4 Å². The van der Waals surface area contributed by atoms with E-state index in [2.05, 4.69) is 15.5 Å². The van der Waals surface area contributed by atoms with Gasteiger partial charge >= 0.3 is 0 Å². The summed E-state index contributed by atoms with van der Waals surface area (Å²) in [4.78, 5) is 2.44. The van der Waals surface area contributed by atoms with E-state index in [4.69, 9.17) is 16.6 Å². The van der Waals surface area contributed by atoms with Gasteiger partial charge in [0.2, 0.25) is 0 Å². The number of nitrogens with one attached hydrogen (secondary N) is 2. The number of hydrogen-bond acceptors (Lipinski definition) is 3. The Labute approximate surface area is 147 Å². The smallest absolute Gasteiger partial charge is 0.170 e. The molecule has 1 fully saturated rings. The Morgan fingerprint density at radius 1 is 1.17 bits per heavy atom. The molecule has 6 heteroatoms. The molecule has 0 aliphatic carbocycles. The molecule has 0 amide bonds. The van der Waals surface area contributed by atoms with Crippen LogP contribution in [0.5, 0.6) is 0 Å². The van der Waals surface area contributed by atoms with Crippen molar-refractivity contribution in [2.24, 2.45) is 0 Å². The molecule has 2 N–H and O–H groups in total. The molecule has 0 bridgehead atoms. The molecule has 1 aliphatic rings. The highest BCUT2D eigenvalue weighted by atomic mass is 32.1. The summed E-state index contributed by atoms with van der Waals surface area (Å²) in [6.07, 6.45) is 5.44. The lowest BCUT2D eigenvalue weighted by Gasteiger charge is -2.33. The van der Waals surface area contributed by atoms with E-state index in [-0.39, 0.29) is 11.9 Å². The molecule has 4 nitrogen and oxygen atoms in total.